The largest absolute Gasteiger partial charge is 0.396 e. The average Bonchev–Trinajstić information content (AvgIpc) is 2.07. The van der Waals surface area contributed by atoms with Crippen LogP contribution in [0.5, 0.6) is 0 Å². The monoisotopic (exact) mass is 220 g/mol. The van der Waals surface area contributed by atoms with Crippen LogP contribution in [0.25, 0.3) is 0 Å². The quantitative estimate of drug-likeness (QED) is 0.778. The summed E-state index contributed by atoms with van der Waals surface area (Å²) in [5.74, 6) is 0. The minimum absolute atomic E-state index is 0.276. The average molecular weight is 221 g/mol. The molecule has 0 aliphatic carbocycles. The van der Waals surface area contributed by atoms with Gasteiger partial charge in [-0.25, -0.2) is 13.8 Å². The maximum Gasteiger partial charge on any atom is 0.272 e. The van der Waals surface area contributed by atoms with E-state index in [0.29, 0.717) is 0 Å². The number of nitrogens with zero attached hydrogens (tertiary/aromatic N) is 1. The summed E-state index contributed by atoms with van der Waals surface area (Å²) < 4.78 is 24.8. The zero-order chi connectivity index (χ0) is 10.9. The van der Waals surface area contributed by atoms with Gasteiger partial charge in [0, 0.05) is 11.3 Å². The molecule has 0 saturated heterocycles. The topological polar surface area (TPSA) is 56.0 Å². The number of nitrogens with two attached hydrogens (primary N) is 1. The number of hydrogen-bond acceptors (Lipinski definition) is 3. The van der Waals surface area contributed by atoms with Crippen molar-refractivity contribution >= 4 is 22.5 Å². The number of nitrogen functional groups attached to an aromatic ring is 1. The highest BCUT2D eigenvalue weighted by molar-refractivity contribution is 6.68. The van der Waals surface area contributed by atoms with Gasteiger partial charge in [0.1, 0.15) is 5.69 Å². The molecule has 1 heterocycles. The van der Waals surface area contributed by atoms with Gasteiger partial charge in [0.2, 0.25) is 0 Å². The molecule has 0 bridgehead atoms. The molecule has 0 aromatic carbocycles. The number of rotatable bonds is 2. The second-order valence-electron chi connectivity index (χ2n) is 2.69. The minimum Gasteiger partial charge on any atom is -0.396 e. The number of carbonyl (C=O) groups excluding carboxylic acids is 1. The van der Waals surface area contributed by atoms with Gasteiger partial charge in [-0.2, -0.15) is 0 Å². The Bertz CT molecular complexity index is 382. The molecule has 0 radical (unpaired) electrons. The van der Waals surface area contributed by atoms with Crippen LogP contribution in [-0.4, -0.2) is 10.2 Å². The Labute approximate surface area is 83.9 Å². The molecule has 0 amide bonds. The molecular formula is C8H7ClF2N2O. The number of aryl methyl sites for hydroxylation is 1. The van der Waals surface area contributed by atoms with Gasteiger partial charge in [-0.3, -0.25) is 4.79 Å². The molecule has 0 saturated carbocycles. The Morgan fingerprint density at radius 2 is 2.21 bits per heavy atom. The van der Waals surface area contributed by atoms with Crippen molar-refractivity contribution in [1.29, 1.82) is 0 Å². The highest BCUT2D eigenvalue weighted by Crippen LogP contribution is 2.28. The van der Waals surface area contributed by atoms with E-state index in [9.17, 15) is 13.6 Å². The van der Waals surface area contributed by atoms with E-state index >= 15 is 0 Å². The molecule has 76 valence electrons. The Balaban J connectivity index is 3.40. The summed E-state index contributed by atoms with van der Waals surface area (Å²) in [7, 11) is 0. The van der Waals surface area contributed by atoms with E-state index in [2.05, 4.69) is 4.98 Å². The second kappa shape index (κ2) is 3.88. The predicted molar refractivity (Wildman–Crippen MR) is 48.5 cm³/mol. The molecule has 3 nitrogen and oxygen atoms in total. The molecule has 6 heteroatoms. The minimum atomic E-state index is -2.74. The fourth-order valence-electron chi connectivity index (χ4n) is 1.04. The van der Waals surface area contributed by atoms with Gasteiger partial charge >= 0.3 is 0 Å². The first kappa shape index (κ1) is 10.8. The zero-order valence-corrected chi connectivity index (χ0v) is 7.98. The summed E-state index contributed by atoms with van der Waals surface area (Å²) in [4.78, 5) is 14.4. The molecule has 0 fully saturated rings. The number of hydrogen-bond donors (Lipinski definition) is 1. The lowest BCUT2D eigenvalue weighted by Crippen LogP contribution is -2.07. The van der Waals surface area contributed by atoms with E-state index in [1.165, 1.54) is 6.92 Å². The summed E-state index contributed by atoms with van der Waals surface area (Å²) in [6.07, 6.45) is -2.74. The van der Waals surface area contributed by atoms with Gasteiger partial charge < -0.3 is 5.73 Å². The smallest absolute Gasteiger partial charge is 0.272 e. The van der Waals surface area contributed by atoms with E-state index in [1.807, 2.05) is 0 Å². The normalized spacial score (nSPS) is 10.6. The highest BCUT2D eigenvalue weighted by Gasteiger charge is 2.19. The Hall–Kier alpha value is -1.23. The third kappa shape index (κ3) is 1.98. The maximum absolute atomic E-state index is 12.4. The summed E-state index contributed by atoms with van der Waals surface area (Å²) in [5, 5.41) is -0.937. The van der Waals surface area contributed by atoms with Crippen molar-refractivity contribution in [3.8, 4) is 0 Å². The third-order valence-electron chi connectivity index (χ3n) is 1.64. The van der Waals surface area contributed by atoms with E-state index in [4.69, 9.17) is 17.3 Å². The van der Waals surface area contributed by atoms with Crippen molar-refractivity contribution in [2.45, 2.75) is 13.3 Å². The Morgan fingerprint density at radius 1 is 1.64 bits per heavy atom. The van der Waals surface area contributed by atoms with Crippen LogP contribution in [0.4, 0.5) is 14.5 Å². The molecule has 0 aliphatic rings. The predicted octanol–water partition coefficient (Wildman–Crippen LogP) is 2.29. The second-order valence-corrected chi connectivity index (χ2v) is 3.03. The molecule has 1 aromatic heterocycles. The molecule has 1 rings (SSSR count). The molecular weight excluding hydrogens is 214 g/mol. The van der Waals surface area contributed by atoms with Gasteiger partial charge in [-0.1, -0.05) is 0 Å². The van der Waals surface area contributed by atoms with Crippen molar-refractivity contribution in [1.82, 2.24) is 4.98 Å². The Kier molecular flexibility index (Phi) is 3.00. The number of carbonyl (C=O) groups is 1. The maximum atomic E-state index is 12.4. The van der Waals surface area contributed by atoms with Crippen molar-refractivity contribution < 1.29 is 13.6 Å². The Morgan fingerprint density at radius 3 is 2.64 bits per heavy atom. The van der Waals surface area contributed by atoms with Crippen LogP contribution in [0.2, 0.25) is 0 Å². The van der Waals surface area contributed by atoms with E-state index < -0.39 is 17.2 Å². The zero-order valence-electron chi connectivity index (χ0n) is 7.22. The van der Waals surface area contributed by atoms with E-state index in [0.717, 1.165) is 6.07 Å². The first-order valence-corrected chi connectivity index (χ1v) is 4.06. The molecule has 0 aliphatic heterocycles. The summed E-state index contributed by atoms with van der Waals surface area (Å²) >= 11 is 5.13. The van der Waals surface area contributed by atoms with Crippen molar-refractivity contribution in [2.75, 3.05) is 5.73 Å². The van der Waals surface area contributed by atoms with E-state index in [1.54, 1.807) is 0 Å². The van der Waals surface area contributed by atoms with Crippen LogP contribution in [-0.2, 0) is 0 Å². The number of aromatic nitrogens is 1. The first-order chi connectivity index (χ1) is 6.43. The lowest BCUT2D eigenvalue weighted by atomic mass is 10.1. The van der Waals surface area contributed by atoms with Crippen LogP contribution in [0.15, 0.2) is 6.07 Å². The third-order valence-corrected chi connectivity index (χ3v) is 1.82. The van der Waals surface area contributed by atoms with Crippen LogP contribution in [0, 0.1) is 6.92 Å². The molecule has 0 atom stereocenters. The fourth-order valence-corrected chi connectivity index (χ4v) is 1.18. The van der Waals surface area contributed by atoms with Gasteiger partial charge in [0.15, 0.2) is 0 Å². The van der Waals surface area contributed by atoms with E-state index in [-0.39, 0.29) is 17.1 Å². The molecule has 1 aromatic rings. The molecule has 2 N–H and O–H groups in total. The van der Waals surface area contributed by atoms with Gasteiger partial charge in [0.05, 0.1) is 5.69 Å². The summed E-state index contributed by atoms with van der Waals surface area (Å²) in [6.45, 7) is 1.48. The van der Waals surface area contributed by atoms with Crippen LogP contribution in [0.3, 0.4) is 0 Å². The van der Waals surface area contributed by atoms with Gasteiger partial charge in [-0.15, -0.1) is 0 Å². The summed E-state index contributed by atoms with van der Waals surface area (Å²) in [6, 6.07) is 1.13. The van der Waals surface area contributed by atoms with Crippen molar-refractivity contribution in [2.24, 2.45) is 0 Å². The first-order valence-electron chi connectivity index (χ1n) is 3.68. The van der Waals surface area contributed by atoms with Crippen LogP contribution < -0.4 is 5.73 Å². The lowest BCUT2D eigenvalue weighted by molar-refractivity contribution is 0.107. The summed E-state index contributed by atoms with van der Waals surface area (Å²) in [5.41, 5.74) is 4.49. The number of halogens is 3. The molecule has 0 spiro atoms. The molecule has 14 heavy (non-hydrogen) atoms. The fraction of sp³-hybridized carbons (Fsp3) is 0.250. The lowest BCUT2D eigenvalue weighted by Gasteiger charge is -2.08. The number of alkyl halides is 2. The van der Waals surface area contributed by atoms with Gasteiger partial charge in [0.25, 0.3) is 11.7 Å². The highest BCUT2D eigenvalue weighted by atomic mass is 35.5. The molecule has 0 unspecified atom stereocenters. The SMILES string of the molecule is Cc1cc(C(F)F)c(N)c(C(=O)Cl)n1. The van der Waals surface area contributed by atoms with Gasteiger partial charge in [-0.05, 0) is 24.6 Å². The number of anilines is 1. The van der Waals surface area contributed by atoms with Crippen LogP contribution in [0.1, 0.15) is 28.2 Å². The van der Waals surface area contributed by atoms with Crippen LogP contribution >= 0.6 is 11.6 Å². The van der Waals surface area contributed by atoms with Crippen molar-refractivity contribution in [3.05, 3.63) is 23.0 Å². The van der Waals surface area contributed by atoms with Crippen molar-refractivity contribution in [3.63, 3.8) is 0 Å². The standard InChI is InChI=1S/C8H7ClF2N2O/c1-3-2-4(8(10)11)5(12)6(13-3)7(9)14/h2,8H,12H2,1H3. The number of pyridine rings is 1.